The topological polar surface area (TPSA) is 58.6 Å². The Hall–Kier alpha value is -0.590. The third kappa shape index (κ3) is 3.49. The number of aromatic hydroxyl groups is 1. The summed E-state index contributed by atoms with van der Waals surface area (Å²) in [6.45, 7) is 1.30. The van der Waals surface area contributed by atoms with Crippen LogP contribution in [-0.4, -0.2) is 35.1 Å². The molecule has 1 aromatic carbocycles. The van der Waals surface area contributed by atoms with E-state index in [1.165, 1.54) is 6.07 Å². The Morgan fingerprint density at radius 2 is 2.11 bits per heavy atom. The fourth-order valence-corrected chi connectivity index (χ4v) is 2.97. The second kappa shape index (κ2) is 6.24. The number of rotatable bonds is 3. The van der Waals surface area contributed by atoms with Crippen molar-refractivity contribution >= 4 is 37.8 Å². The van der Waals surface area contributed by atoms with Crippen molar-refractivity contribution in [2.24, 2.45) is 0 Å². The molecule has 19 heavy (non-hydrogen) atoms. The maximum absolute atomic E-state index is 12.2. The fourth-order valence-electron chi connectivity index (χ4n) is 2.02. The number of halogens is 2. The zero-order valence-electron chi connectivity index (χ0n) is 10.3. The molecule has 104 valence electrons. The number of hydrogen-bond donors (Lipinski definition) is 2. The Kier molecular flexibility index (Phi) is 4.86. The van der Waals surface area contributed by atoms with Gasteiger partial charge in [0.1, 0.15) is 5.75 Å². The molecule has 0 atom stereocenters. The summed E-state index contributed by atoms with van der Waals surface area (Å²) in [5.74, 6) is -0.114. The van der Waals surface area contributed by atoms with E-state index in [4.69, 9.17) is 4.74 Å². The van der Waals surface area contributed by atoms with Crippen LogP contribution in [0.3, 0.4) is 0 Å². The highest BCUT2D eigenvalue weighted by atomic mass is 79.9. The molecule has 6 heteroatoms. The largest absolute Gasteiger partial charge is 0.507 e. The Morgan fingerprint density at radius 3 is 2.68 bits per heavy atom. The number of carbonyl (C=O) groups is 1. The summed E-state index contributed by atoms with van der Waals surface area (Å²) >= 11 is 6.66. The molecule has 2 N–H and O–H groups in total. The van der Waals surface area contributed by atoms with Gasteiger partial charge in [-0.05, 0) is 47.0 Å². The standard InChI is InChI=1S/C13H15Br2NO3/c14-8-13(3-5-19-6-4-13)16-12(18)9-1-2-10(15)11(17)7-9/h1-2,7,17H,3-6,8H2,(H,16,18). The van der Waals surface area contributed by atoms with E-state index in [1.807, 2.05) is 0 Å². The lowest BCUT2D eigenvalue weighted by molar-refractivity contribution is 0.0441. The van der Waals surface area contributed by atoms with Crippen LogP contribution in [0.2, 0.25) is 0 Å². The van der Waals surface area contributed by atoms with Crippen molar-refractivity contribution in [1.29, 1.82) is 0 Å². The number of hydrogen-bond acceptors (Lipinski definition) is 3. The average molecular weight is 393 g/mol. The lowest BCUT2D eigenvalue weighted by Gasteiger charge is -2.36. The van der Waals surface area contributed by atoms with Gasteiger partial charge < -0.3 is 15.2 Å². The van der Waals surface area contributed by atoms with Crippen LogP contribution in [0.4, 0.5) is 0 Å². The number of ether oxygens (including phenoxy) is 1. The normalized spacial score (nSPS) is 18.0. The second-order valence-corrected chi connectivity index (χ2v) is 6.06. The van der Waals surface area contributed by atoms with E-state index in [1.54, 1.807) is 12.1 Å². The highest BCUT2D eigenvalue weighted by Gasteiger charge is 2.33. The molecule has 0 aromatic heterocycles. The van der Waals surface area contributed by atoms with E-state index < -0.39 is 0 Å². The molecule has 1 aliphatic rings. The number of benzene rings is 1. The second-order valence-electron chi connectivity index (χ2n) is 4.65. The Bertz CT molecular complexity index is 473. The molecule has 0 radical (unpaired) electrons. The number of carbonyl (C=O) groups excluding carboxylic acids is 1. The first kappa shape index (κ1) is 14.8. The van der Waals surface area contributed by atoms with Gasteiger partial charge in [-0.15, -0.1) is 0 Å². The maximum Gasteiger partial charge on any atom is 0.251 e. The summed E-state index contributed by atoms with van der Waals surface area (Å²) in [7, 11) is 0. The summed E-state index contributed by atoms with van der Waals surface area (Å²) in [5.41, 5.74) is 0.186. The minimum Gasteiger partial charge on any atom is -0.507 e. The van der Waals surface area contributed by atoms with Crippen LogP contribution in [0.5, 0.6) is 5.75 Å². The Morgan fingerprint density at radius 1 is 1.42 bits per heavy atom. The van der Waals surface area contributed by atoms with E-state index in [0.717, 1.165) is 12.8 Å². The number of phenols is 1. The van der Waals surface area contributed by atoms with Crippen molar-refractivity contribution in [2.75, 3.05) is 18.5 Å². The monoisotopic (exact) mass is 391 g/mol. The first-order valence-electron chi connectivity index (χ1n) is 6.01. The van der Waals surface area contributed by atoms with Gasteiger partial charge in [-0.2, -0.15) is 0 Å². The van der Waals surface area contributed by atoms with Gasteiger partial charge in [0.15, 0.2) is 0 Å². The zero-order valence-corrected chi connectivity index (χ0v) is 13.5. The van der Waals surface area contributed by atoms with E-state index in [2.05, 4.69) is 37.2 Å². The molecule has 1 aromatic rings. The molecule has 4 nitrogen and oxygen atoms in total. The molecule has 2 rings (SSSR count). The van der Waals surface area contributed by atoms with Crippen LogP contribution >= 0.6 is 31.9 Å². The number of alkyl halides is 1. The number of amides is 1. The Balaban J connectivity index is 2.12. The molecule has 0 saturated carbocycles. The maximum atomic E-state index is 12.2. The first-order chi connectivity index (χ1) is 9.06. The van der Waals surface area contributed by atoms with Gasteiger partial charge in [0.25, 0.3) is 5.91 Å². The molecule has 1 fully saturated rings. The zero-order chi connectivity index (χ0) is 13.9. The van der Waals surface area contributed by atoms with E-state index in [0.29, 0.717) is 28.6 Å². The van der Waals surface area contributed by atoms with Crippen molar-refractivity contribution in [3.05, 3.63) is 28.2 Å². The van der Waals surface area contributed by atoms with Crippen molar-refractivity contribution in [3.8, 4) is 5.75 Å². The quantitative estimate of drug-likeness (QED) is 0.777. The number of phenolic OH excluding ortho intramolecular Hbond substituents is 1. The molecule has 1 saturated heterocycles. The average Bonchev–Trinajstić information content (AvgIpc) is 2.43. The van der Waals surface area contributed by atoms with Crippen LogP contribution in [-0.2, 0) is 4.74 Å². The third-order valence-electron chi connectivity index (χ3n) is 3.29. The number of nitrogens with one attached hydrogen (secondary N) is 1. The summed E-state index contributed by atoms with van der Waals surface area (Å²) in [6.07, 6.45) is 1.57. The summed E-state index contributed by atoms with van der Waals surface area (Å²) in [6, 6.07) is 4.80. The highest BCUT2D eigenvalue weighted by Crippen LogP contribution is 2.26. The van der Waals surface area contributed by atoms with Crippen molar-refractivity contribution in [1.82, 2.24) is 5.32 Å². The van der Waals surface area contributed by atoms with Gasteiger partial charge in [-0.1, -0.05) is 15.9 Å². The van der Waals surface area contributed by atoms with Gasteiger partial charge in [-0.25, -0.2) is 0 Å². The lowest BCUT2D eigenvalue weighted by Crippen LogP contribution is -2.53. The van der Waals surface area contributed by atoms with Crippen LogP contribution in [0.1, 0.15) is 23.2 Å². The minimum atomic E-state index is -0.266. The van der Waals surface area contributed by atoms with Gasteiger partial charge in [0, 0.05) is 24.1 Å². The third-order valence-corrected chi connectivity index (χ3v) is 5.04. The summed E-state index contributed by atoms with van der Waals surface area (Å²) in [4.78, 5) is 12.2. The predicted molar refractivity (Wildman–Crippen MR) is 79.9 cm³/mol. The van der Waals surface area contributed by atoms with Crippen LogP contribution in [0.15, 0.2) is 22.7 Å². The molecular weight excluding hydrogens is 378 g/mol. The molecule has 0 unspecified atom stereocenters. The highest BCUT2D eigenvalue weighted by molar-refractivity contribution is 9.10. The van der Waals surface area contributed by atoms with Gasteiger partial charge in [-0.3, -0.25) is 4.79 Å². The van der Waals surface area contributed by atoms with Crippen molar-refractivity contribution in [2.45, 2.75) is 18.4 Å². The van der Waals surface area contributed by atoms with Crippen LogP contribution < -0.4 is 5.32 Å². The molecule has 1 aliphatic heterocycles. The van der Waals surface area contributed by atoms with Gasteiger partial charge in [0.2, 0.25) is 0 Å². The molecule has 1 heterocycles. The molecule has 0 aliphatic carbocycles. The van der Waals surface area contributed by atoms with E-state index >= 15 is 0 Å². The molecule has 1 amide bonds. The molecular formula is C13H15Br2NO3. The van der Waals surface area contributed by atoms with E-state index in [9.17, 15) is 9.90 Å². The summed E-state index contributed by atoms with van der Waals surface area (Å²) < 4.78 is 5.90. The fraction of sp³-hybridized carbons (Fsp3) is 0.462. The minimum absolute atomic E-state index is 0.0625. The van der Waals surface area contributed by atoms with Crippen molar-refractivity contribution < 1.29 is 14.6 Å². The summed E-state index contributed by atoms with van der Waals surface area (Å²) in [5, 5.41) is 13.4. The van der Waals surface area contributed by atoms with E-state index in [-0.39, 0.29) is 17.2 Å². The van der Waals surface area contributed by atoms with Gasteiger partial charge >= 0.3 is 0 Å². The first-order valence-corrected chi connectivity index (χ1v) is 7.92. The predicted octanol–water partition coefficient (Wildman–Crippen LogP) is 2.83. The smallest absolute Gasteiger partial charge is 0.251 e. The van der Waals surface area contributed by atoms with Crippen LogP contribution in [0, 0.1) is 0 Å². The van der Waals surface area contributed by atoms with Crippen molar-refractivity contribution in [3.63, 3.8) is 0 Å². The Labute approximate surface area is 128 Å². The van der Waals surface area contributed by atoms with Gasteiger partial charge in [0.05, 0.1) is 10.0 Å². The molecule has 0 spiro atoms. The SMILES string of the molecule is O=C(NC1(CBr)CCOCC1)c1ccc(Br)c(O)c1. The van der Waals surface area contributed by atoms with Crippen LogP contribution in [0.25, 0.3) is 0 Å². The molecule has 0 bridgehead atoms. The lowest BCUT2D eigenvalue weighted by atomic mass is 9.92.